The second-order valence-electron chi connectivity index (χ2n) is 6.86. The minimum absolute atomic E-state index is 0.0114. The molecule has 0 radical (unpaired) electrons. The van der Waals surface area contributed by atoms with Crippen molar-refractivity contribution in [2.24, 2.45) is 0 Å². The Hall–Kier alpha value is -2.33. The van der Waals surface area contributed by atoms with Gasteiger partial charge < -0.3 is 15.1 Å². The van der Waals surface area contributed by atoms with Crippen LogP contribution in [0.3, 0.4) is 0 Å². The molecule has 0 spiro atoms. The third kappa shape index (κ3) is 4.40. The molecular weight excluding hydrogens is 310 g/mol. The average Bonchev–Trinajstić information content (AvgIpc) is 2.67. The van der Waals surface area contributed by atoms with E-state index in [1.54, 1.807) is 0 Å². The highest BCUT2D eigenvalue weighted by Gasteiger charge is 2.29. The van der Waals surface area contributed by atoms with Crippen molar-refractivity contribution < 1.29 is 9.69 Å². The van der Waals surface area contributed by atoms with Crippen LogP contribution in [0.5, 0.6) is 0 Å². The Labute approximate surface area is 150 Å². The summed E-state index contributed by atoms with van der Waals surface area (Å²) < 4.78 is 0. The Morgan fingerprint density at radius 2 is 1.72 bits per heavy atom. The highest BCUT2D eigenvalue weighted by Crippen LogP contribution is 2.18. The number of amides is 1. The van der Waals surface area contributed by atoms with E-state index in [1.807, 2.05) is 37.3 Å². The summed E-state index contributed by atoms with van der Waals surface area (Å²) in [5.41, 5.74) is 3.78. The predicted octanol–water partition coefficient (Wildman–Crippen LogP) is 1.40. The number of quaternary nitrogens is 1. The molecule has 0 saturated carbocycles. The van der Waals surface area contributed by atoms with Crippen LogP contribution in [0.2, 0.25) is 0 Å². The van der Waals surface area contributed by atoms with Crippen molar-refractivity contribution in [2.45, 2.75) is 26.4 Å². The largest absolute Gasteiger partial charge is 0.360 e. The quantitative estimate of drug-likeness (QED) is 0.865. The van der Waals surface area contributed by atoms with Crippen molar-refractivity contribution in [1.82, 2.24) is 5.32 Å². The van der Waals surface area contributed by atoms with Gasteiger partial charge in [0.1, 0.15) is 0 Å². The van der Waals surface area contributed by atoms with Gasteiger partial charge in [0.2, 0.25) is 0 Å². The van der Waals surface area contributed by atoms with E-state index in [0.29, 0.717) is 6.54 Å². The summed E-state index contributed by atoms with van der Waals surface area (Å²) in [4.78, 5) is 16.3. The number of piperazine rings is 1. The Morgan fingerprint density at radius 1 is 1.08 bits per heavy atom. The molecule has 2 aromatic carbocycles. The van der Waals surface area contributed by atoms with Crippen LogP contribution in [0.1, 0.15) is 18.1 Å². The van der Waals surface area contributed by atoms with E-state index in [2.05, 4.69) is 41.4 Å². The first-order chi connectivity index (χ1) is 12.1. The smallest absolute Gasteiger partial charge is 0.278 e. The highest BCUT2D eigenvalue weighted by molar-refractivity contribution is 5.79. The van der Waals surface area contributed by atoms with Gasteiger partial charge in [0, 0.05) is 12.2 Å². The maximum Gasteiger partial charge on any atom is 0.278 e. The molecule has 3 rings (SSSR count). The van der Waals surface area contributed by atoms with Crippen molar-refractivity contribution in [3.05, 3.63) is 65.7 Å². The summed E-state index contributed by atoms with van der Waals surface area (Å²) in [6, 6.07) is 18.6. The number of carbonyl (C=O) groups excluding carboxylic acids is 1. The number of benzene rings is 2. The van der Waals surface area contributed by atoms with Gasteiger partial charge in [-0.1, -0.05) is 48.5 Å². The zero-order chi connectivity index (χ0) is 17.6. The maximum absolute atomic E-state index is 12.5. The van der Waals surface area contributed by atoms with E-state index in [0.717, 1.165) is 31.7 Å². The fraction of sp³-hybridized carbons (Fsp3) is 0.381. The van der Waals surface area contributed by atoms with E-state index >= 15 is 0 Å². The van der Waals surface area contributed by atoms with Crippen molar-refractivity contribution in [3.8, 4) is 0 Å². The predicted molar refractivity (Wildman–Crippen MR) is 102 cm³/mol. The molecule has 0 aromatic heterocycles. The van der Waals surface area contributed by atoms with Gasteiger partial charge in [0.15, 0.2) is 6.04 Å². The zero-order valence-electron chi connectivity index (χ0n) is 15.2. The molecule has 25 heavy (non-hydrogen) atoms. The lowest BCUT2D eigenvalue weighted by Gasteiger charge is -2.36. The summed E-state index contributed by atoms with van der Waals surface area (Å²) in [6.07, 6.45) is 0. The van der Waals surface area contributed by atoms with Gasteiger partial charge in [0.05, 0.1) is 26.2 Å². The zero-order valence-corrected chi connectivity index (χ0v) is 15.2. The number of carbonyl (C=O) groups is 1. The first kappa shape index (κ1) is 17.5. The van der Waals surface area contributed by atoms with Crippen LogP contribution < -0.4 is 15.1 Å². The van der Waals surface area contributed by atoms with Crippen molar-refractivity contribution >= 4 is 11.6 Å². The van der Waals surface area contributed by atoms with E-state index < -0.39 is 0 Å². The lowest BCUT2D eigenvalue weighted by atomic mass is 10.1. The van der Waals surface area contributed by atoms with Crippen molar-refractivity contribution in [2.75, 3.05) is 31.1 Å². The normalized spacial score (nSPS) is 16.5. The molecule has 4 nitrogen and oxygen atoms in total. The number of aryl methyl sites for hydroxylation is 1. The van der Waals surface area contributed by atoms with E-state index in [4.69, 9.17) is 0 Å². The van der Waals surface area contributed by atoms with Gasteiger partial charge in [-0.3, -0.25) is 4.79 Å². The van der Waals surface area contributed by atoms with Crippen LogP contribution >= 0.6 is 0 Å². The molecule has 2 N–H and O–H groups in total. The molecular formula is C21H28N3O+. The minimum atomic E-state index is -0.0114. The first-order valence-electron chi connectivity index (χ1n) is 9.12. The van der Waals surface area contributed by atoms with E-state index in [9.17, 15) is 4.79 Å². The average molecular weight is 338 g/mol. The Bertz CT molecular complexity index is 693. The van der Waals surface area contributed by atoms with Crippen LogP contribution in [0.15, 0.2) is 54.6 Å². The molecule has 0 aliphatic carbocycles. The monoisotopic (exact) mass is 338 g/mol. The van der Waals surface area contributed by atoms with Crippen LogP contribution in [0, 0.1) is 6.92 Å². The summed E-state index contributed by atoms with van der Waals surface area (Å²) in [5, 5.41) is 3.07. The van der Waals surface area contributed by atoms with Crippen molar-refractivity contribution in [3.63, 3.8) is 0 Å². The summed E-state index contributed by atoms with van der Waals surface area (Å²) in [6.45, 7) is 8.79. The minimum Gasteiger partial charge on any atom is -0.360 e. The van der Waals surface area contributed by atoms with Crippen LogP contribution in [-0.2, 0) is 11.3 Å². The van der Waals surface area contributed by atoms with Crippen LogP contribution in [0.25, 0.3) is 0 Å². The van der Waals surface area contributed by atoms with Crippen LogP contribution in [-0.4, -0.2) is 38.1 Å². The van der Waals surface area contributed by atoms with Gasteiger partial charge in [-0.25, -0.2) is 0 Å². The topological polar surface area (TPSA) is 36.8 Å². The van der Waals surface area contributed by atoms with E-state index in [-0.39, 0.29) is 11.9 Å². The number of hydrogen-bond acceptors (Lipinski definition) is 2. The van der Waals surface area contributed by atoms with Gasteiger partial charge in [-0.15, -0.1) is 0 Å². The number of rotatable bonds is 5. The molecule has 0 unspecified atom stereocenters. The molecule has 132 valence electrons. The SMILES string of the molecule is Cc1ccccc1N1CC[NH+]([C@H](C)C(=O)NCc2ccccc2)CC1. The first-order valence-corrected chi connectivity index (χ1v) is 9.12. The molecule has 1 amide bonds. The Balaban J connectivity index is 1.50. The lowest BCUT2D eigenvalue weighted by molar-refractivity contribution is -0.914. The number of para-hydroxylation sites is 1. The third-order valence-electron chi connectivity index (χ3n) is 5.18. The second-order valence-corrected chi connectivity index (χ2v) is 6.86. The third-order valence-corrected chi connectivity index (χ3v) is 5.18. The van der Waals surface area contributed by atoms with Gasteiger partial charge >= 0.3 is 0 Å². The molecule has 1 atom stereocenters. The van der Waals surface area contributed by atoms with Gasteiger partial charge in [0.25, 0.3) is 5.91 Å². The number of nitrogens with zero attached hydrogens (tertiary/aromatic N) is 1. The summed E-state index contributed by atoms with van der Waals surface area (Å²) >= 11 is 0. The van der Waals surface area contributed by atoms with Crippen LogP contribution in [0.4, 0.5) is 5.69 Å². The molecule has 2 aromatic rings. The number of hydrogen-bond donors (Lipinski definition) is 2. The highest BCUT2D eigenvalue weighted by atomic mass is 16.2. The standard InChI is InChI=1S/C21H27N3O/c1-17-8-6-7-11-20(17)24-14-12-23(13-15-24)18(2)21(25)22-16-19-9-4-3-5-10-19/h3-11,18H,12-16H2,1-2H3,(H,22,25)/p+1/t18-/m1/s1. The summed E-state index contributed by atoms with van der Waals surface area (Å²) in [7, 11) is 0. The molecule has 1 heterocycles. The Morgan fingerprint density at radius 3 is 2.40 bits per heavy atom. The maximum atomic E-state index is 12.5. The lowest BCUT2D eigenvalue weighted by Crippen LogP contribution is -3.19. The molecule has 1 fully saturated rings. The molecule has 1 aliphatic rings. The van der Waals surface area contributed by atoms with Gasteiger partial charge in [-0.2, -0.15) is 0 Å². The number of nitrogens with one attached hydrogen (secondary N) is 2. The molecule has 4 heteroatoms. The molecule has 0 bridgehead atoms. The second kappa shape index (κ2) is 8.17. The number of anilines is 1. The summed E-state index contributed by atoms with van der Waals surface area (Å²) in [5.74, 6) is 0.142. The fourth-order valence-electron chi connectivity index (χ4n) is 3.51. The molecule has 1 aliphatic heterocycles. The molecule has 1 saturated heterocycles. The van der Waals surface area contributed by atoms with Gasteiger partial charge in [-0.05, 0) is 31.0 Å². The Kier molecular flexibility index (Phi) is 5.71. The van der Waals surface area contributed by atoms with Crippen molar-refractivity contribution in [1.29, 1.82) is 0 Å². The van der Waals surface area contributed by atoms with E-state index in [1.165, 1.54) is 16.2 Å². The fourth-order valence-corrected chi connectivity index (χ4v) is 3.51.